The van der Waals surface area contributed by atoms with E-state index in [4.69, 9.17) is 10.8 Å². The molecule has 0 aliphatic rings. The van der Waals surface area contributed by atoms with Crippen LogP contribution in [0.1, 0.15) is 34.8 Å². The number of aryl methyl sites for hydroxylation is 1. The Balaban J connectivity index is 2.76. The maximum Gasteiger partial charge on any atom is 0.270 e. The van der Waals surface area contributed by atoms with E-state index in [0.29, 0.717) is 6.54 Å². The summed E-state index contributed by atoms with van der Waals surface area (Å²) in [6.45, 7) is 3.88. The zero-order valence-electron chi connectivity index (χ0n) is 10.6. The van der Waals surface area contributed by atoms with Crippen LogP contribution in [-0.2, 0) is 7.05 Å². The molecule has 0 unspecified atom stereocenters. The predicted octanol–water partition coefficient (Wildman–Crippen LogP) is -0.933. The van der Waals surface area contributed by atoms with Gasteiger partial charge in [-0.15, -0.1) is 0 Å². The third-order valence-electron chi connectivity index (χ3n) is 2.41. The highest BCUT2D eigenvalue weighted by atomic mass is 16.3. The lowest BCUT2D eigenvalue weighted by atomic mass is 9.95. The molecular formula is C11H17N4O3. The van der Waals surface area contributed by atoms with E-state index in [0.717, 1.165) is 0 Å². The molecule has 0 atom stereocenters. The second-order valence-electron chi connectivity index (χ2n) is 4.82. The van der Waals surface area contributed by atoms with E-state index in [9.17, 15) is 9.59 Å². The first kappa shape index (κ1) is 14.2. The van der Waals surface area contributed by atoms with Gasteiger partial charge in [-0.2, -0.15) is 5.10 Å². The third kappa shape index (κ3) is 3.30. The lowest BCUT2D eigenvalue weighted by molar-refractivity contribution is 0.0901. The Morgan fingerprint density at radius 2 is 2.17 bits per heavy atom. The maximum absolute atomic E-state index is 11.8. The molecule has 0 saturated carbocycles. The smallest absolute Gasteiger partial charge is 0.270 e. The van der Waals surface area contributed by atoms with Crippen molar-refractivity contribution in [1.82, 2.24) is 15.1 Å². The van der Waals surface area contributed by atoms with Crippen molar-refractivity contribution in [3.05, 3.63) is 17.5 Å². The molecule has 0 spiro atoms. The first-order chi connectivity index (χ1) is 8.26. The lowest BCUT2D eigenvalue weighted by Gasteiger charge is -2.21. The first-order valence-electron chi connectivity index (χ1n) is 5.42. The van der Waals surface area contributed by atoms with Crippen LogP contribution in [0.5, 0.6) is 0 Å². The van der Waals surface area contributed by atoms with Gasteiger partial charge in [-0.1, -0.05) is 13.8 Å². The summed E-state index contributed by atoms with van der Waals surface area (Å²) in [5.41, 5.74) is 4.68. The van der Waals surface area contributed by atoms with E-state index in [1.807, 2.05) is 13.8 Å². The summed E-state index contributed by atoms with van der Waals surface area (Å²) in [6.07, 6.45) is 0. The fourth-order valence-corrected chi connectivity index (χ4v) is 1.19. The zero-order valence-corrected chi connectivity index (χ0v) is 10.6. The summed E-state index contributed by atoms with van der Waals surface area (Å²) in [4.78, 5) is 22.7. The van der Waals surface area contributed by atoms with E-state index in [2.05, 4.69) is 16.5 Å². The largest absolute Gasteiger partial charge is 0.396 e. The molecule has 0 fully saturated rings. The Labute approximate surface area is 105 Å². The summed E-state index contributed by atoms with van der Waals surface area (Å²) in [5.74, 6) is -1.15. The molecular weight excluding hydrogens is 236 g/mol. The first-order valence-corrected chi connectivity index (χ1v) is 5.42. The summed E-state index contributed by atoms with van der Waals surface area (Å²) in [7, 11) is 1.52. The Bertz CT molecular complexity index is 465. The van der Waals surface area contributed by atoms with Gasteiger partial charge in [-0.3, -0.25) is 14.3 Å². The molecule has 2 amide bonds. The number of nitrogens with zero attached hydrogens (tertiary/aromatic N) is 2. The van der Waals surface area contributed by atoms with Crippen molar-refractivity contribution >= 4 is 11.8 Å². The van der Waals surface area contributed by atoms with Gasteiger partial charge in [0.2, 0.25) is 0 Å². The Kier molecular flexibility index (Phi) is 4.07. The molecule has 99 valence electrons. The fraction of sp³-hybridized carbons (Fsp3) is 0.545. The number of hydrogen-bond donors (Lipinski definition) is 3. The summed E-state index contributed by atoms with van der Waals surface area (Å²) >= 11 is 0. The normalized spacial score (nSPS) is 11.3. The number of aliphatic hydroxyl groups excluding tert-OH is 1. The van der Waals surface area contributed by atoms with E-state index in [1.165, 1.54) is 11.7 Å². The van der Waals surface area contributed by atoms with Crippen LogP contribution >= 0.6 is 0 Å². The van der Waals surface area contributed by atoms with E-state index < -0.39 is 17.2 Å². The third-order valence-corrected chi connectivity index (χ3v) is 2.41. The van der Waals surface area contributed by atoms with E-state index in [-0.39, 0.29) is 18.0 Å². The van der Waals surface area contributed by atoms with Crippen LogP contribution in [0.4, 0.5) is 0 Å². The standard InChI is InChI=1S/C11H17N4O3/c1-11(2,6-16)5-13-10(18)8-4-7(9(12)17)14-15(8)3/h16H,5-6H2,1-3H3,(H2,12,17)(H,13,18). The molecule has 4 N–H and O–H groups in total. The van der Waals surface area contributed by atoms with Gasteiger partial charge in [0.15, 0.2) is 5.69 Å². The highest BCUT2D eigenvalue weighted by Crippen LogP contribution is 2.11. The van der Waals surface area contributed by atoms with Crippen LogP contribution in [0, 0.1) is 11.5 Å². The average Bonchev–Trinajstić information content (AvgIpc) is 2.69. The SMILES string of the molecule is Cn1nc(C(N)=O)[c]c1C(=O)NCC(C)(C)CO. The number of aromatic nitrogens is 2. The number of aliphatic hydroxyl groups is 1. The van der Waals surface area contributed by atoms with Gasteiger partial charge in [-0.05, 0) is 0 Å². The van der Waals surface area contributed by atoms with Gasteiger partial charge in [0, 0.05) is 25.6 Å². The van der Waals surface area contributed by atoms with Crippen LogP contribution < -0.4 is 11.1 Å². The Morgan fingerprint density at radius 1 is 1.56 bits per heavy atom. The minimum Gasteiger partial charge on any atom is -0.396 e. The van der Waals surface area contributed by atoms with Gasteiger partial charge >= 0.3 is 0 Å². The van der Waals surface area contributed by atoms with E-state index in [1.54, 1.807) is 0 Å². The predicted molar refractivity (Wildman–Crippen MR) is 63.8 cm³/mol. The quantitative estimate of drug-likeness (QED) is 0.629. The number of primary amides is 1. The molecule has 1 heterocycles. The van der Waals surface area contributed by atoms with E-state index >= 15 is 0 Å². The number of nitrogens with one attached hydrogen (secondary N) is 1. The number of nitrogens with two attached hydrogens (primary N) is 1. The van der Waals surface area contributed by atoms with Gasteiger partial charge in [0.05, 0.1) is 6.07 Å². The molecule has 0 aromatic carbocycles. The fourth-order valence-electron chi connectivity index (χ4n) is 1.19. The van der Waals surface area contributed by atoms with Crippen molar-refractivity contribution in [3.8, 4) is 0 Å². The molecule has 1 radical (unpaired) electrons. The molecule has 18 heavy (non-hydrogen) atoms. The summed E-state index contributed by atoms with van der Waals surface area (Å²) in [6, 6.07) is 2.54. The molecule has 7 heteroatoms. The highest BCUT2D eigenvalue weighted by Gasteiger charge is 2.21. The lowest BCUT2D eigenvalue weighted by Crippen LogP contribution is -2.36. The topological polar surface area (TPSA) is 110 Å². The number of rotatable bonds is 5. The maximum atomic E-state index is 11.8. The van der Waals surface area contributed by atoms with Crippen LogP contribution in [0.3, 0.4) is 0 Å². The van der Waals surface area contributed by atoms with Crippen molar-refractivity contribution in [3.63, 3.8) is 0 Å². The van der Waals surface area contributed by atoms with Crippen LogP contribution in [0.15, 0.2) is 0 Å². The second-order valence-corrected chi connectivity index (χ2v) is 4.82. The molecule has 0 aliphatic heterocycles. The van der Waals surface area contributed by atoms with Crippen molar-refractivity contribution in [2.24, 2.45) is 18.2 Å². The molecule has 1 rings (SSSR count). The number of carbonyl (C=O) groups excluding carboxylic acids is 2. The van der Waals surface area contributed by atoms with Gasteiger partial charge in [0.25, 0.3) is 11.8 Å². The molecule has 1 aromatic rings. The van der Waals surface area contributed by atoms with Crippen LogP contribution in [-0.4, -0.2) is 39.9 Å². The molecule has 0 bridgehead atoms. The van der Waals surface area contributed by atoms with Crippen molar-refractivity contribution < 1.29 is 14.7 Å². The monoisotopic (exact) mass is 253 g/mol. The average molecular weight is 253 g/mol. The molecule has 1 aromatic heterocycles. The molecule has 0 aliphatic carbocycles. The second kappa shape index (κ2) is 5.18. The summed E-state index contributed by atoms with van der Waals surface area (Å²) < 4.78 is 1.24. The Morgan fingerprint density at radius 3 is 2.61 bits per heavy atom. The molecule has 7 nitrogen and oxygen atoms in total. The highest BCUT2D eigenvalue weighted by molar-refractivity contribution is 5.96. The van der Waals surface area contributed by atoms with Crippen LogP contribution in [0.25, 0.3) is 0 Å². The zero-order chi connectivity index (χ0) is 13.9. The summed E-state index contributed by atoms with van der Waals surface area (Å²) in [5, 5.41) is 15.5. The van der Waals surface area contributed by atoms with Gasteiger partial charge in [-0.25, -0.2) is 0 Å². The minimum atomic E-state index is -0.736. The number of hydrogen-bond acceptors (Lipinski definition) is 4. The Hall–Kier alpha value is -1.89. The van der Waals surface area contributed by atoms with Gasteiger partial charge < -0.3 is 16.2 Å². The van der Waals surface area contributed by atoms with Crippen molar-refractivity contribution in [2.75, 3.05) is 13.2 Å². The van der Waals surface area contributed by atoms with Crippen molar-refractivity contribution in [2.45, 2.75) is 13.8 Å². The van der Waals surface area contributed by atoms with Crippen molar-refractivity contribution in [1.29, 1.82) is 0 Å². The molecule has 0 saturated heterocycles. The minimum absolute atomic E-state index is 0.0467. The van der Waals surface area contributed by atoms with Gasteiger partial charge in [0.1, 0.15) is 5.69 Å². The van der Waals surface area contributed by atoms with Crippen LogP contribution in [0.2, 0.25) is 0 Å². The number of carbonyl (C=O) groups is 2. The number of amides is 2.